The molecule has 52 heavy (non-hydrogen) atoms. The van der Waals surface area contributed by atoms with Crippen molar-refractivity contribution in [3.8, 4) is 11.5 Å². The van der Waals surface area contributed by atoms with E-state index in [4.69, 9.17) is 9.47 Å². The number of amides is 2. The summed E-state index contributed by atoms with van der Waals surface area (Å²) in [6.07, 6.45) is 2.52. The fourth-order valence-electron chi connectivity index (χ4n) is 6.23. The van der Waals surface area contributed by atoms with Gasteiger partial charge in [-0.3, -0.25) is 9.59 Å². The molecule has 1 aliphatic heterocycles. The van der Waals surface area contributed by atoms with Crippen LogP contribution < -0.4 is 19.7 Å². The van der Waals surface area contributed by atoms with E-state index in [-0.39, 0.29) is 46.6 Å². The van der Waals surface area contributed by atoms with Crippen LogP contribution in [0.4, 0.5) is 11.4 Å². The Balaban J connectivity index is 1.33. The Labute approximate surface area is 311 Å². The van der Waals surface area contributed by atoms with Crippen LogP contribution in [0, 0.1) is 0 Å². The van der Waals surface area contributed by atoms with Gasteiger partial charge in [-0.25, -0.2) is 4.79 Å². The summed E-state index contributed by atoms with van der Waals surface area (Å²) in [5, 5.41) is 12.1. The van der Waals surface area contributed by atoms with E-state index in [9.17, 15) is 19.5 Å². The van der Waals surface area contributed by atoms with Crippen molar-refractivity contribution >= 4 is 40.9 Å². The molecular formula is C43H50N2O6S. The minimum Gasteiger partial charge on any atom is -0.489 e. The molecule has 0 saturated heterocycles. The molecule has 4 aromatic carbocycles. The number of nitrogens with zero attached hydrogens (tertiary/aromatic N) is 1. The average Bonchev–Trinajstić information content (AvgIpc) is 3.50. The Hall–Kier alpha value is -4.76. The maximum atomic E-state index is 14.1. The van der Waals surface area contributed by atoms with Gasteiger partial charge >= 0.3 is 5.97 Å². The van der Waals surface area contributed by atoms with E-state index >= 15 is 0 Å². The van der Waals surface area contributed by atoms with Crippen LogP contribution in [0.1, 0.15) is 87.0 Å². The summed E-state index contributed by atoms with van der Waals surface area (Å²) >= 11 is 1.43. The zero-order valence-electron chi connectivity index (χ0n) is 31.0. The summed E-state index contributed by atoms with van der Waals surface area (Å²) in [4.78, 5) is 40.2. The number of nitrogens with one attached hydrogen (secondary N) is 1. The number of hydrogen-bond donors (Lipinski definition) is 2. The summed E-state index contributed by atoms with van der Waals surface area (Å²) < 4.78 is 12.5. The van der Waals surface area contributed by atoms with E-state index in [1.165, 1.54) is 29.5 Å². The summed E-state index contributed by atoms with van der Waals surface area (Å²) in [6.45, 7) is 13.6. The number of carboxylic acid groups (broad SMARTS) is 1. The first-order valence-electron chi connectivity index (χ1n) is 17.9. The number of aromatic carboxylic acids is 1. The first kappa shape index (κ1) is 38.5. The third-order valence-electron chi connectivity index (χ3n) is 10.2. The minimum atomic E-state index is -1.06. The number of thioether (sulfide) groups is 1. The lowest BCUT2D eigenvalue weighted by atomic mass is 9.76. The monoisotopic (exact) mass is 722 g/mol. The molecule has 2 amide bonds. The van der Waals surface area contributed by atoms with Crippen molar-refractivity contribution in [1.82, 2.24) is 0 Å². The maximum Gasteiger partial charge on any atom is 0.335 e. The van der Waals surface area contributed by atoms with Crippen molar-refractivity contribution in [2.24, 2.45) is 0 Å². The van der Waals surface area contributed by atoms with E-state index in [2.05, 4.69) is 59.0 Å². The van der Waals surface area contributed by atoms with Gasteiger partial charge < -0.3 is 24.8 Å². The van der Waals surface area contributed by atoms with Crippen LogP contribution in [0.3, 0.4) is 0 Å². The van der Waals surface area contributed by atoms with Crippen molar-refractivity contribution in [2.75, 3.05) is 28.3 Å². The summed E-state index contributed by atoms with van der Waals surface area (Å²) in [5.41, 5.74) is 5.61. The van der Waals surface area contributed by atoms with Crippen molar-refractivity contribution in [1.29, 1.82) is 0 Å². The van der Waals surface area contributed by atoms with E-state index in [1.54, 1.807) is 12.1 Å². The van der Waals surface area contributed by atoms with Crippen LogP contribution in [0.5, 0.6) is 11.5 Å². The van der Waals surface area contributed by atoms with E-state index in [0.717, 1.165) is 46.7 Å². The molecule has 0 saturated carbocycles. The highest BCUT2D eigenvalue weighted by atomic mass is 32.2. The quantitative estimate of drug-likeness (QED) is 0.119. The van der Waals surface area contributed by atoms with Crippen LogP contribution >= 0.6 is 11.8 Å². The number of fused-ring (bicyclic) bond motifs is 1. The van der Waals surface area contributed by atoms with Gasteiger partial charge in [0.15, 0.2) is 6.61 Å². The first-order valence-corrected chi connectivity index (χ1v) is 19.1. The molecule has 9 heteroatoms. The van der Waals surface area contributed by atoms with Gasteiger partial charge in [-0.1, -0.05) is 90.1 Å². The van der Waals surface area contributed by atoms with Gasteiger partial charge in [0.2, 0.25) is 5.91 Å². The third-order valence-corrected chi connectivity index (χ3v) is 11.3. The Kier molecular flexibility index (Phi) is 12.4. The normalized spacial score (nSPS) is 14.1. The van der Waals surface area contributed by atoms with Gasteiger partial charge in [0.1, 0.15) is 18.1 Å². The molecule has 2 N–H and O–H groups in total. The number of anilines is 2. The number of rotatable bonds is 16. The molecule has 4 aromatic rings. The Morgan fingerprint density at radius 3 is 2.33 bits per heavy atom. The molecule has 0 spiro atoms. The second-order valence-electron chi connectivity index (χ2n) is 14.6. The fraction of sp³-hybridized carbons (Fsp3) is 0.372. The van der Waals surface area contributed by atoms with Gasteiger partial charge in [0, 0.05) is 22.7 Å². The summed E-state index contributed by atoms with van der Waals surface area (Å²) in [7, 11) is 0. The Morgan fingerprint density at radius 2 is 1.62 bits per heavy atom. The van der Waals surface area contributed by atoms with E-state index < -0.39 is 5.97 Å². The van der Waals surface area contributed by atoms with Crippen LogP contribution in [0.2, 0.25) is 0 Å². The molecule has 5 rings (SSSR count). The van der Waals surface area contributed by atoms with Gasteiger partial charge in [-0.2, -0.15) is 0 Å². The minimum absolute atomic E-state index is 0.0140. The molecule has 0 radical (unpaired) electrons. The lowest BCUT2D eigenvalue weighted by molar-refractivity contribution is -0.120. The predicted octanol–water partition coefficient (Wildman–Crippen LogP) is 9.05. The van der Waals surface area contributed by atoms with Crippen molar-refractivity contribution in [3.63, 3.8) is 0 Å². The summed E-state index contributed by atoms with van der Waals surface area (Å²) in [5.74, 6) is 0.634. The SMILES string of the molecule is CCC(C)(C)c1ccc(OCC(=O)N2c3ccc(OCc4ccccc4)cc3CC2CSCC(=O)Nc2cccc(C(=O)O)c2)c(C(C)(C)CC)c1. The van der Waals surface area contributed by atoms with Crippen molar-refractivity contribution in [2.45, 2.75) is 84.3 Å². The van der Waals surface area contributed by atoms with Crippen molar-refractivity contribution in [3.05, 3.63) is 119 Å². The number of benzene rings is 4. The molecule has 0 fully saturated rings. The lowest BCUT2D eigenvalue weighted by Gasteiger charge is -2.31. The second kappa shape index (κ2) is 16.7. The molecule has 1 unspecified atom stereocenters. The highest BCUT2D eigenvalue weighted by Crippen LogP contribution is 2.40. The first-order chi connectivity index (χ1) is 24.8. The molecule has 0 aromatic heterocycles. The van der Waals surface area contributed by atoms with E-state index in [1.807, 2.05) is 59.5 Å². The average molecular weight is 723 g/mol. The van der Waals surface area contributed by atoms with E-state index in [0.29, 0.717) is 24.5 Å². The second-order valence-corrected chi connectivity index (χ2v) is 15.6. The predicted molar refractivity (Wildman–Crippen MR) is 210 cm³/mol. The zero-order valence-corrected chi connectivity index (χ0v) is 31.8. The Bertz CT molecular complexity index is 1890. The third kappa shape index (κ3) is 9.36. The van der Waals surface area contributed by atoms with Crippen LogP contribution in [0.15, 0.2) is 91.0 Å². The molecule has 0 bridgehead atoms. The largest absolute Gasteiger partial charge is 0.489 e. The number of carbonyl (C=O) groups excluding carboxylic acids is 2. The molecular weight excluding hydrogens is 673 g/mol. The van der Waals surface area contributed by atoms with Crippen LogP contribution in [0.25, 0.3) is 0 Å². The Morgan fingerprint density at radius 1 is 0.865 bits per heavy atom. The molecule has 1 atom stereocenters. The zero-order chi connectivity index (χ0) is 37.5. The molecule has 1 heterocycles. The molecule has 8 nitrogen and oxygen atoms in total. The van der Waals surface area contributed by atoms with Crippen LogP contribution in [-0.4, -0.2) is 47.0 Å². The van der Waals surface area contributed by atoms with Gasteiger partial charge in [0.05, 0.1) is 17.4 Å². The highest BCUT2D eigenvalue weighted by Gasteiger charge is 2.35. The molecule has 1 aliphatic rings. The number of carbonyl (C=O) groups is 3. The summed E-state index contributed by atoms with van der Waals surface area (Å²) in [6, 6.07) is 28.1. The van der Waals surface area contributed by atoms with Crippen LogP contribution in [-0.2, 0) is 33.4 Å². The van der Waals surface area contributed by atoms with Gasteiger partial charge in [0.25, 0.3) is 5.91 Å². The number of hydrogen-bond acceptors (Lipinski definition) is 6. The standard InChI is InChI=1S/C43H50N2O6S/c1-7-42(3,4)32-17-20-38(36(24-32)43(5,6)8-2)51-26-40(47)45-34(27-52-28-39(46)44-33-16-12-15-30(21-33)41(48)49)22-31-23-35(18-19-37(31)45)50-25-29-13-10-9-11-14-29/h9-21,23-24,34H,7-8,22,25-28H2,1-6H3,(H,44,46)(H,48,49). The molecule has 0 aliphatic carbocycles. The fourth-order valence-corrected chi connectivity index (χ4v) is 7.14. The maximum absolute atomic E-state index is 14.1. The highest BCUT2D eigenvalue weighted by molar-refractivity contribution is 8.00. The van der Waals surface area contributed by atoms with Gasteiger partial charge in [-0.15, -0.1) is 11.8 Å². The van der Waals surface area contributed by atoms with Crippen molar-refractivity contribution < 1.29 is 29.0 Å². The topological polar surface area (TPSA) is 105 Å². The van der Waals surface area contributed by atoms with Gasteiger partial charge in [-0.05, 0) is 89.2 Å². The smallest absolute Gasteiger partial charge is 0.335 e. The number of ether oxygens (including phenoxy) is 2. The molecule has 274 valence electrons. The lowest BCUT2D eigenvalue weighted by Crippen LogP contribution is -2.42. The number of carboxylic acids is 1.